The summed E-state index contributed by atoms with van der Waals surface area (Å²) in [6.07, 6.45) is 0. The fourth-order valence-corrected chi connectivity index (χ4v) is 5.39. The highest BCUT2D eigenvalue weighted by Crippen LogP contribution is 2.38. The molecule has 0 saturated heterocycles. The lowest BCUT2D eigenvalue weighted by atomic mass is 10.0. The molecule has 0 aliphatic carbocycles. The van der Waals surface area contributed by atoms with E-state index >= 15 is 0 Å². The minimum Gasteiger partial charge on any atom is -0.473 e. The number of hydrogen-bond acceptors (Lipinski definition) is 6. The Morgan fingerprint density at radius 2 is 1.59 bits per heavy atom. The molecule has 1 aliphatic heterocycles. The van der Waals surface area contributed by atoms with Crippen LogP contribution in [0.3, 0.4) is 0 Å². The molecule has 1 atom stereocenters. The summed E-state index contributed by atoms with van der Waals surface area (Å²) in [4.78, 5) is 24.5. The van der Waals surface area contributed by atoms with Crippen LogP contribution in [0.4, 0.5) is 10.1 Å². The summed E-state index contributed by atoms with van der Waals surface area (Å²) < 4.78 is 32.3. The van der Waals surface area contributed by atoms with Gasteiger partial charge in [0.25, 0.3) is 5.91 Å². The van der Waals surface area contributed by atoms with Crippen molar-refractivity contribution in [1.82, 2.24) is 9.97 Å². The van der Waals surface area contributed by atoms with Crippen LogP contribution < -0.4 is 14.4 Å². The monoisotopic (exact) mass is 585 g/mol. The molecule has 0 N–H and O–H groups in total. The van der Waals surface area contributed by atoms with Crippen molar-refractivity contribution in [1.29, 1.82) is 0 Å². The molecular weight excluding hydrogens is 557 g/mol. The van der Waals surface area contributed by atoms with Crippen LogP contribution in [-0.4, -0.2) is 22.4 Å². The SMILES string of the molecule is C[C@@H]1CN(C(=O)c2ccc3nc(-c4ccc(OCc5ccccc5)nc4OCc4ccccc4)oc3c2)c2cc(F)ccc21. The van der Waals surface area contributed by atoms with Crippen LogP contribution in [-0.2, 0) is 13.2 Å². The van der Waals surface area contributed by atoms with Crippen LogP contribution in [0, 0.1) is 5.82 Å². The van der Waals surface area contributed by atoms with Gasteiger partial charge in [0.05, 0.1) is 11.3 Å². The number of pyridine rings is 1. The fraction of sp³-hybridized carbons (Fsp3) is 0.139. The Kier molecular flexibility index (Phi) is 7.24. The van der Waals surface area contributed by atoms with E-state index in [2.05, 4.69) is 9.97 Å². The number of rotatable bonds is 8. The van der Waals surface area contributed by atoms with Crippen molar-refractivity contribution < 1.29 is 23.1 Å². The number of amides is 1. The van der Waals surface area contributed by atoms with Crippen molar-refractivity contribution in [2.45, 2.75) is 26.1 Å². The zero-order valence-corrected chi connectivity index (χ0v) is 23.9. The average molecular weight is 586 g/mol. The second-order valence-electron chi connectivity index (χ2n) is 10.8. The number of carbonyl (C=O) groups excluding carboxylic acids is 1. The van der Waals surface area contributed by atoms with Gasteiger partial charge in [-0.25, -0.2) is 9.37 Å². The molecule has 0 unspecified atom stereocenters. The number of ether oxygens (including phenoxy) is 2. The van der Waals surface area contributed by atoms with Gasteiger partial charge in [-0.1, -0.05) is 73.7 Å². The highest BCUT2D eigenvalue weighted by molar-refractivity contribution is 6.08. The first-order chi connectivity index (χ1) is 21.5. The second kappa shape index (κ2) is 11.6. The molecule has 2 aromatic heterocycles. The molecule has 3 heterocycles. The van der Waals surface area contributed by atoms with Crippen molar-refractivity contribution in [3.05, 3.63) is 137 Å². The van der Waals surface area contributed by atoms with Gasteiger partial charge in [0, 0.05) is 24.1 Å². The molecule has 7 rings (SSSR count). The predicted molar refractivity (Wildman–Crippen MR) is 165 cm³/mol. The number of carbonyl (C=O) groups is 1. The van der Waals surface area contributed by atoms with Gasteiger partial charge in [-0.05, 0) is 53.1 Å². The Morgan fingerprint density at radius 3 is 2.34 bits per heavy atom. The minimum atomic E-state index is -0.374. The Balaban J connectivity index is 1.18. The molecule has 0 saturated carbocycles. The number of aromatic nitrogens is 2. The average Bonchev–Trinajstić information content (AvgIpc) is 3.63. The standard InChI is InChI=1S/C36H28FN3O4/c1-23-20-40(31-19-27(37)13-14-28(23)31)36(41)26-12-16-30-32(18-26)44-35(38-30)29-15-17-33(42-21-24-8-4-2-5-9-24)39-34(29)43-22-25-10-6-3-7-11-25/h2-19,23H,20-22H2,1H3/t23-/m1/s1. The number of oxazole rings is 1. The summed E-state index contributed by atoms with van der Waals surface area (Å²) in [7, 11) is 0. The third-order valence-corrected chi connectivity index (χ3v) is 7.66. The third-order valence-electron chi connectivity index (χ3n) is 7.66. The van der Waals surface area contributed by atoms with Gasteiger partial charge >= 0.3 is 0 Å². The first-order valence-corrected chi connectivity index (χ1v) is 14.4. The first kappa shape index (κ1) is 27.3. The Hall–Kier alpha value is -5.50. The Morgan fingerprint density at radius 1 is 0.864 bits per heavy atom. The van der Waals surface area contributed by atoms with Gasteiger partial charge in [-0.2, -0.15) is 4.98 Å². The van der Waals surface area contributed by atoms with Gasteiger partial charge in [0.2, 0.25) is 17.7 Å². The number of fused-ring (bicyclic) bond motifs is 2. The molecule has 0 bridgehead atoms. The van der Waals surface area contributed by atoms with E-state index < -0.39 is 0 Å². The van der Waals surface area contributed by atoms with E-state index in [-0.39, 0.29) is 24.2 Å². The predicted octanol–water partition coefficient (Wildman–Crippen LogP) is 7.95. The topological polar surface area (TPSA) is 77.7 Å². The maximum absolute atomic E-state index is 14.0. The van der Waals surface area contributed by atoms with Crippen LogP contribution in [0.2, 0.25) is 0 Å². The fourth-order valence-electron chi connectivity index (χ4n) is 5.39. The third kappa shape index (κ3) is 5.49. The van der Waals surface area contributed by atoms with Gasteiger partial charge in [-0.15, -0.1) is 0 Å². The number of nitrogens with zero attached hydrogens (tertiary/aromatic N) is 3. The van der Waals surface area contributed by atoms with Crippen LogP contribution in [0.5, 0.6) is 11.8 Å². The van der Waals surface area contributed by atoms with Crippen LogP contribution in [0.25, 0.3) is 22.6 Å². The summed E-state index contributed by atoms with van der Waals surface area (Å²) >= 11 is 0. The van der Waals surface area contributed by atoms with Crippen LogP contribution in [0.15, 0.2) is 114 Å². The van der Waals surface area contributed by atoms with E-state index in [0.717, 1.165) is 16.7 Å². The summed E-state index contributed by atoms with van der Waals surface area (Å²) in [5.41, 5.74) is 5.55. The summed E-state index contributed by atoms with van der Waals surface area (Å²) in [6.45, 7) is 3.15. The molecule has 1 amide bonds. The molecule has 0 fully saturated rings. The Bertz CT molecular complexity index is 1960. The van der Waals surface area contributed by atoms with E-state index in [4.69, 9.17) is 13.9 Å². The highest BCUT2D eigenvalue weighted by Gasteiger charge is 2.31. The number of anilines is 1. The molecule has 1 aliphatic rings. The quantitative estimate of drug-likeness (QED) is 0.180. The number of hydrogen-bond donors (Lipinski definition) is 0. The van der Waals surface area contributed by atoms with Crippen LogP contribution >= 0.6 is 0 Å². The lowest BCUT2D eigenvalue weighted by molar-refractivity contribution is 0.0988. The molecule has 6 aromatic rings. The van der Waals surface area contributed by atoms with E-state index in [1.807, 2.05) is 73.7 Å². The first-order valence-electron chi connectivity index (χ1n) is 14.4. The van der Waals surface area contributed by atoms with Crippen molar-refractivity contribution >= 4 is 22.7 Å². The lowest BCUT2D eigenvalue weighted by Gasteiger charge is -2.17. The molecular formula is C36H28FN3O4. The molecule has 44 heavy (non-hydrogen) atoms. The summed E-state index contributed by atoms with van der Waals surface area (Å²) in [5.74, 6) is 0.526. The van der Waals surface area contributed by atoms with Crippen molar-refractivity contribution in [3.63, 3.8) is 0 Å². The van der Waals surface area contributed by atoms with E-state index in [0.29, 0.717) is 58.7 Å². The zero-order chi connectivity index (χ0) is 30.0. The molecule has 8 heteroatoms. The van der Waals surface area contributed by atoms with Gasteiger partial charge < -0.3 is 18.8 Å². The molecule has 7 nitrogen and oxygen atoms in total. The van der Waals surface area contributed by atoms with Crippen molar-refractivity contribution in [3.8, 4) is 23.2 Å². The number of halogens is 1. The normalized spacial score (nSPS) is 14.0. The second-order valence-corrected chi connectivity index (χ2v) is 10.8. The maximum atomic E-state index is 14.0. The molecule has 0 radical (unpaired) electrons. The largest absolute Gasteiger partial charge is 0.473 e. The maximum Gasteiger partial charge on any atom is 0.258 e. The lowest BCUT2D eigenvalue weighted by Crippen LogP contribution is -2.29. The van der Waals surface area contributed by atoms with Gasteiger partial charge in [0.1, 0.15) is 24.5 Å². The van der Waals surface area contributed by atoms with Crippen molar-refractivity contribution in [2.75, 3.05) is 11.4 Å². The van der Waals surface area contributed by atoms with E-state index in [1.54, 1.807) is 35.2 Å². The van der Waals surface area contributed by atoms with E-state index in [1.165, 1.54) is 12.1 Å². The smallest absolute Gasteiger partial charge is 0.258 e. The van der Waals surface area contributed by atoms with Gasteiger partial charge in [0.15, 0.2) is 5.58 Å². The van der Waals surface area contributed by atoms with Gasteiger partial charge in [-0.3, -0.25) is 4.79 Å². The minimum absolute atomic E-state index is 0.108. The van der Waals surface area contributed by atoms with Crippen molar-refractivity contribution in [2.24, 2.45) is 0 Å². The molecule has 0 spiro atoms. The summed E-state index contributed by atoms with van der Waals surface area (Å²) in [5, 5.41) is 0. The zero-order valence-electron chi connectivity index (χ0n) is 23.9. The van der Waals surface area contributed by atoms with Crippen LogP contribution in [0.1, 0.15) is 39.9 Å². The Labute approximate surface area is 253 Å². The molecule has 4 aromatic carbocycles. The number of benzene rings is 4. The summed E-state index contributed by atoms with van der Waals surface area (Å²) in [6, 6.07) is 32.9. The highest BCUT2D eigenvalue weighted by atomic mass is 19.1. The molecule has 218 valence electrons. The van der Waals surface area contributed by atoms with E-state index in [9.17, 15) is 9.18 Å².